The Bertz CT molecular complexity index is 1750. The van der Waals surface area contributed by atoms with Gasteiger partial charge in [-0.2, -0.15) is 0 Å². The first-order chi connectivity index (χ1) is 21.0. The van der Waals surface area contributed by atoms with Crippen molar-refractivity contribution in [2.45, 2.75) is 53.0 Å². The molecule has 0 saturated carbocycles. The number of likely N-dealkylation sites (N-methyl/N-ethyl adjacent to an activating group) is 1. The Morgan fingerprint density at radius 2 is 1.73 bits per heavy atom. The number of nitrogen functional groups attached to an aromatic ring is 1. The van der Waals surface area contributed by atoms with Crippen LogP contribution in [0, 0.1) is 11.7 Å². The third kappa shape index (κ3) is 5.87. The molecule has 3 aromatic carbocycles. The van der Waals surface area contributed by atoms with Crippen molar-refractivity contribution in [2.75, 3.05) is 22.6 Å². The second-order valence-corrected chi connectivity index (χ2v) is 12.1. The zero-order valence-corrected chi connectivity index (χ0v) is 26.5. The van der Waals surface area contributed by atoms with Crippen LogP contribution in [0.25, 0.3) is 11.3 Å². The monoisotopic (exact) mass is 588 g/mol. The van der Waals surface area contributed by atoms with Crippen molar-refractivity contribution in [1.29, 1.82) is 0 Å². The maximum Gasteiger partial charge on any atom is 0.142 e. The lowest BCUT2D eigenvalue weighted by Gasteiger charge is -2.38. The SMILES string of the molecule is C=C(c1ccc(CC(C)C)c(C(C)C)c1)c1c(N)ncnc1N(C)C(C)C1=Nc2ccccc2C(=C)N1c1cccc(F)c1. The second kappa shape index (κ2) is 12.4. The summed E-state index contributed by atoms with van der Waals surface area (Å²) in [6.07, 6.45) is 2.48. The summed E-state index contributed by atoms with van der Waals surface area (Å²) in [7, 11) is 1.95. The first-order valence-electron chi connectivity index (χ1n) is 15.1. The maximum atomic E-state index is 14.5. The van der Waals surface area contributed by atoms with E-state index in [1.165, 1.54) is 29.6 Å². The largest absolute Gasteiger partial charge is 0.383 e. The fourth-order valence-corrected chi connectivity index (χ4v) is 5.82. The van der Waals surface area contributed by atoms with E-state index in [9.17, 15) is 4.39 Å². The molecule has 0 aliphatic carbocycles. The maximum absolute atomic E-state index is 14.5. The quantitative estimate of drug-likeness (QED) is 0.212. The van der Waals surface area contributed by atoms with E-state index < -0.39 is 0 Å². The van der Waals surface area contributed by atoms with Gasteiger partial charge in [-0.1, -0.05) is 83.3 Å². The number of hydrogen-bond acceptors (Lipinski definition) is 6. The van der Waals surface area contributed by atoms with Crippen molar-refractivity contribution in [3.8, 4) is 0 Å². The van der Waals surface area contributed by atoms with Crippen molar-refractivity contribution in [3.63, 3.8) is 0 Å². The molecule has 0 bridgehead atoms. The molecule has 7 heteroatoms. The third-order valence-corrected chi connectivity index (χ3v) is 8.21. The van der Waals surface area contributed by atoms with Crippen LogP contribution in [0.3, 0.4) is 0 Å². The summed E-state index contributed by atoms with van der Waals surface area (Å²) in [6, 6.07) is 20.5. The molecule has 5 rings (SSSR count). The van der Waals surface area contributed by atoms with E-state index in [2.05, 4.69) is 64.0 Å². The molecule has 0 spiro atoms. The van der Waals surface area contributed by atoms with Gasteiger partial charge in [0.1, 0.15) is 29.6 Å². The van der Waals surface area contributed by atoms with Crippen molar-refractivity contribution >= 4 is 40.1 Å². The molecule has 0 amide bonds. The highest BCUT2D eigenvalue weighted by atomic mass is 19.1. The number of aromatic nitrogens is 2. The zero-order chi connectivity index (χ0) is 31.7. The number of amidine groups is 1. The molecule has 1 aliphatic rings. The van der Waals surface area contributed by atoms with Gasteiger partial charge in [0, 0.05) is 18.3 Å². The van der Waals surface area contributed by atoms with Gasteiger partial charge in [-0.15, -0.1) is 0 Å². The molecule has 0 fully saturated rings. The number of halogens is 1. The number of benzene rings is 3. The average molecular weight is 589 g/mol. The predicted octanol–water partition coefficient (Wildman–Crippen LogP) is 8.63. The van der Waals surface area contributed by atoms with Gasteiger partial charge in [-0.3, -0.25) is 4.90 Å². The number of hydrogen-bond donors (Lipinski definition) is 1. The van der Waals surface area contributed by atoms with Crippen molar-refractivity contribution in [3.05, 3.63) is 120 Å². The summed E-state index contributed by atoms with van der Waals surface area (Å²) in [5.74, 6) is 2.22. The van der Waals surface area contributed by atoms with E-state index in [1.807, 2.05) is 54.1 Å². The zero-order valence-electron chi connectivity index (χ0n) is 26.5. The number of nitrogens with two attached hydrogens (primary N) is 1. The number of rotatable bonds is 9. The van der Waals surface area contributed by atoms with E-state index in [0.717, 1.165) is 28.8 Å². The lowest BCUT2D eigenvalue weighted by atomic mass is 9.88. The number of para-hydroxylation sites is 1. The summed E-state index contributed by atoms with van der Waals surface area (Å²) in [4.78, 5) is 18.1. The van der Waals surface area contributed by atoms with Crippen molar-refractivity contribution < 1.29 is 4.39 Å². The molecule has 1 unspecified atom stereocenters. The van der Waals surface area contributed by atoms with E-state index in [0.29, 0.717) is 46.3 Å². The fourth-order valence-electron chi connectivity index (χ4n) is 5.82. The van der Waals surface area contributed by atoms with Crippen LogP contribution in [-0.4, -0.2) is 28.9 Å². The summed E-state index contributed by atoms with van der Waals surface area (Å²) in [5, 5.41) is 0. The van der Waals surface area contributed by atoms with E-state index in [-0.39, 0.29) is 11.9 Å². The smallest absolute Gasteiger partial charge is 0.142 e. The topological polar surface area (TPSA) is 70.6 Å². The van der Waals surface area contributed by atoms with Gasteiger partial charge in [0.05, 0.1) is 23.0 Å². The second-order valence-electron chi connectivity index (χ2n) is 12.1. The van der Waals surface area contributed by atoms with Crippen LogP contribution in [0.1, 0.15) is 68.4 Å². The van der Waals surface area contributed by atoms with Crippen LogP contribution in [0.4, 0.5) is 27.4 Å². The molecule has 1 atom stereocenters. The molecular weight excluding hydrogens is 547 g/mol. The fraction of sp³-hybridized carbons (Fsp3) is 0.270. The van der Waals surface area contributed by atoms with Crippen LogP contribution < -0.4 is 15.5 Å². The normalized spacial score (nSPS) is 13.6. The lowest BCUT2D eigenvalue weighted by Crippen LogP contribution is -2.47. The molecule has 44 heavy (non-hydrogen) atoms. The van der Waals surface area contributed by atoms with Crippen LogP contribution in [0.15, 0.2) is 91.2 Å². The minimum absolute atomic E-state index is 0.330. The first-order valence-corrected chi connectivity index (χ1v) is 15.1. The van der Waals surface area contributed by atoms with E-state index in [1.54, 1.807) is 6.07 Å². The van der Waals surface area contributed by atoms with Gasteiger partial charge in [-0.05, 0) is 71.7 Å². The van der Waals surface area contributed by atoms with Crippen LogP contribution in [0.5, 0.6) is 0 Å². The summed E-state index contributed by atoms with van der Waals surface area (Å²) in [5.41, 5.74) is 14.6. The van der Waals surface area contributed by atoms with Crippen LogP contribution >= 0.6 is 0 Å². The molecule has 0 radical (unpaired) electrons. The van der Waals surface area contributed by atoms with Crippen molar-refractivity contribution in [2.24, 2.45) is 10.9 Å². The Labute approximate surface area is 260 Å². The average Bonchev–Trinajstić information content (AvgIpc) is 2.99. The molecule has 0 saturated heterocycles. The van der Waals surface area contributed by atoms with Gasteiger partial charge in [0.15, 0.2) is 0 Å². The highest BCUT2D eigenvalue weighted by Gasteiger charge is 2.32. The third-order valence-electron chi connectivity index (χ3n) is 8.21. The van der Waals surface area contributed by atoms with E-state index >= 15 is 0 Å². The standard InChI is InChI=1S/C37H41FN6/c1-22(2)18-28-17-16-27(19-32(28)23(3)4)24(5)34-35(39)40-21-41-37(34)43(8)26(7)36-42-33-15-10-9-14-31(33)25(6)44(36)30-13-11-12-29(38)20-30/h9-17,19-23,26H,5-6,18H2,1-4,7-8H3,(H2,39,40,41). The summed E-state index contributed by atoms with van der Waals surface area (Å²) < 4.78 is 14.5. The molecule has 4 aromatic rings. The number of fused-ring (bicyclic) bond motifs is 1. The number of aliphatic imine (C=N–C) groups is 1. The molecular formula is C37H41FN6. The number of anilines is 3. The Hall–Kier alpha value is -4.78. The molecule has 6 nitrogen and oxygen atoms in total. The Kier molecular flexibility index (Phi) is 8.68. The van der Waals surface area contributed by atoms with E-state index in [4.69, 9.17) is 15.7 Å². The van der Waals surface area contributed by atoms with Crippen LogP contribution in [0.2, 0.25) is 0 Å². The highest BCUT2D eigenvalue weighted by molar-refractivity contribution is 6.16. The van der Waals surface area contributed by atoms with Gasteiger partial charge in [-0.25, -0.2) is 19.4 Å². The highest BCUT2D eigenvalue weighted by Crippen LogP contribution is 2.39. The molecule has 2 heterocycles. The first kappa shape index (κ1) is 30.7. The Morgan fingerprint density at radius 1 is 0.977 bits per heavy atom. The lowest BCUT2D eigenvalue weighted by molar-refractivity contribution is 0.628. The van der Waals surface area contributed by atoms with Crippen LogP contribution in [-0.2, 0) is 6.42 Å². The Morgan fingerprint density at radius 3 is 2.43 bits per heavy atom. The minimum Gasteiger partial charge on any atom is -0.383 e. The summed E-state index contributed by atoms with van der Waals surface area (Å²) in [6.45, 7) is 19.8. The van der Waals surface area contributed by atoms with Gasteiger partial charge in [0.2, 0.25) is 0 Å². The van der Waals surface area contributed by atoms with Crippen molar-refractivity contribution in [1.82, 2.24) is 9.97 Å². The molecule has 1 aromatic heterocycles. The minimum atomic E-state index is -0.336. The summed E-state index contributed by atoms with van der Waals surface area (Å²) >= 11 is 0. The number of nitrogens with zero attached hydrogens (tertiary/aromatic N) is 5. The van der Waals surface area contributed by atoms with Gasteiger partial charge in [0.25, 0.3) is 0 Å². The Balaban J connectivity index is 1.58. The molecule has 2 N–H and O–H groups in total. The molecule has 226 valence electrons. The predicted molar refractivity (Wildman–Crippen MR) is 183 cm³/mol. The molecule has 1 aliphatic heterocycles. The van der Waals surface area contributed by atoms with Gasteiger partial charge < -0.3 is 10.6 Å². The van der Waals surface area contributed by atoms with Gasteiger partial charge >= 0.3 is 0 Å².